The van der Waals surface area contributed by atoms with E-state index in [9.17, 15) is 0 Å². The van der Waals surface area contributed by atoms with Crippen LogP contribution in [-0.2, 0) is 0 Å². The number of para-hydroxylation sites is 2. The summed E-state index contributed by atoms with van der Waals surface area (Å²) < 4.78 is 11.7. The van der Waals surface area contributed by atoms with Gasteiger partial charge in [-0.3, -0.25) is 9.89 Å². The molecule has 2 heterocycles. The zero-order valence-electron chi connectivity index (χ0n) is 14.6. The van der Waals surface area contributed by atoms with Crippen LogP contribution in [0.2, 0.25) is 0 Å². The minimum Gasteiger partial charge on any atom is -0.486 e. The molecular weight excluding hydrogens is 304 g/mol. The largest absolute Gasteiger partial charge is 0.486 e. The van der Waals surface area contributed by atoms with Crippen molar-refractivity contribution in [2.24, 2.45) is 4.99 Å². The van der Waals surface area contributed by atoms with Crippen LogP contribution in [0.25, 0.3) is 0 Å². The Hall–Kier alpha value is -1.95. The minimum atomic E-state index is -0.0166. The van der Waals surface area contributed by atoms with Crippen molar-refractivity contribution in [2.45, 2.75) is 31.9 Å². The fourth-order valence-corrected chi connectivity index (χ4v) is 3.35. The number of likely N-dealkylation sites (N-methyl/N-ethyl adjacent to an activating group) is 1. The molecule has 0 spiro atoms. The van der Waals surface area contributed by atoms with E-state index in [4.69, 9.17) is 9.47 Å². The summed E-state index contributed by atoms with van der Waals surface area (Å²) in [5.74, 6) is 2.44. The average molecular weight is 332 g/mol. The first-order valence-electron chi connectivity index (χ1n) is 8.87. The number of nitrogens with one attached hydrogen (secondary N) is 2. The maximum atomic E-state index is 5.96. The molecule has 0 aromatic heterocycles. The molecule has 0 radical (unpaired) electrons. The molecule has 0 saturated carbocycles. The summed E-state index contributed by atoms with van der Waals surface area (Å²) in [5.41, 5.74) is 0. The predicted octanol–water partition coefficient (Wildman–Crippen LogP) is 1.48. The lowest BCUT2D eigenvalue weighted by molar-refractivity contribution is 0.0936. The minimum absolute atomic E-state index is 0.0166. The van der Waals surface area contributed by atoms with Crippen molar-refractivity contribution in [2.75, 3.05) is 39.8 Å². The van der Waals surface area contributed by atoms with E-state index in [-0.39, 0.29) is 6.10 Å². The van der Waals surface area contributed by atoms with Gasteiger partial charge in [0, 0.05) is 19.6 Å². The van der Waals surface area contributed by atoms with Crippen LogP contribution in [0.3, 0.4) is 0 Å². The third-order valence-electron chi connectivity index (χ3n) is 4.70. The highest BCUT2D eigenvalue weighted by Gasteiger charge is 2.23. The zero-order chi connectivity index (χ0) is 16.8. The molecule has 2 aliphatic heterocycles. The Morgan fingerprint density at radius 1 is 1.25 bits per heavy atom. The van der Waals surface area contributed by atoms with Crippen LogP contribution in [0.15, 0.2) is 29.3 Å². The van der Waals surface area contributed by atoms with E-state index in [1.807, 2.05) is 24.3 Å². The van der Waals surface area contributed by atoms with Crippen LogP contribution in [-0.4, -0.2) is 62.8 Å². The second-order valence-electron chi connectivity index (χ2n) is 6.26. The molecule has 0 amide bonds. The highest BCUT2D eigenvalue weighted by molar-refractivity contribution is 5.79. The normalized spacial score (nSPS) is 24.0. The number of benzene rings is 1. The van der Waals surface area contributed by atoms with Crippen LogP contribution in [0.1, 0.15) is 19.8 Å². The van der Waals surface area contributed by atoms with Gasteiger partial charge in [0.05, 0.1) is 6.54 Å². The smallest absolute Gasteiger partial charge is 0.191 e. The predicted molar refractivity (Wildman–Crippen MR) is 96.0 cm³/mol. The number of ether oxygens (including phenoxy) is 2. The monoisotopic (exact) mass is 332 g/mol. The van der Waals surface area contributed by atoms with Gasteiger partial charge in [0.2, 0.25) is 0 Å². The van der Waals surface area contributed by atoms with Gasteiger partial charge in [0.15, 0.2) is 17.5 Å². The van der Waals surface area contributed by atoms with E-state index in [1.165, 1.54) is 19.4 Å². The molecule has 1 aromatic carbocycles. The molecule has 2 unspecified atom stereocenters. The van der Waals surface area contributed by atoms with Gasteiger partial charge in [0.1, 0.15) is 12.7 Å². The van der Waals surface area contributed by atoms with Gasteiger partial charge in [-0.2, -0.15) is 0 Å². The van der Waals surface area contributed by atoms with Gasteiger partial charge in [-0.05, 0) is 38.1 Å². The van der Waals surface area contributed by atoms with Crippen molar-refractivity contribution in [3.63, 3.8) is 0 Å². The third-order valence-corrected chi connectivity index (χ3v) is 4.70. The molecule has 0 aliphatic carbocycles. The Morgan fingerprint density at radius 2 is 2.04 bits per heavy atom. The van der Waals surface area contributed by atoms with Crippen LogP contribution >= 0.6 is 0 Å². The van der Waals surface area contributed by atoms with Gasteiger partial charge in [-0.15, -0.1) is 0 Å². The summed E-state index contributed by atoms with van der Waals surface area (Å²) in [6.07, 6.45) is 2.53. The Kier molecular flexibility index (Phi) is 5.80. The number of aliphatic imine (C=N–C) groups is 1. The van der Waals surface area contributed by atoms with Crippen molar-refractivity contribution >= 4 is 5.96 Å². The summed E-state index contributed by atoms with van der Waals surface area (Å²) >= 11 is 0. The molecule has 2 atom stereocenters. The van der Waals surface area contributed by atoms with Crippen LogP contribution in [0, 0.1) is 0 Å². The molecule has 2 N–H and O–H groups in total. The van der Waals surface area contributed by atoms with Gasteiger partial charge in [-0.1, -0.05) is 19.1 Å². The van der Waals surface area contributed by atoms with E-state index in [2.05, 4.69) is 27.4 Å². The Balaban J connectivity index is 1.43. The summed E-state index contributed by atoms with van der Waals surface area (Å²) in [7, 11) is 1.80. The lowest BCUT2D eigenvalue weighted by Gasteiger charge is -2.27. The quantitative estimate of drug-likeness (QED) is 0.632. The summed E-state index contributed by atoms with van der Waals surface area (Å²) in [6.45, 7) is 6.69. The van der Waals surface area contributed by atoms with E-state index < -0.39 is 0 Å². The molecule has 132 valence electrons. The molecule has 1 aromatic rings. The molecule has 6 heteroatoms. The number of guanidine groups is 1. The lowest BCUT2D eigenvalue weighted by atomic mass is 10.2. The topological polar surface area (TPSA) is 58.1 Å². The van der Waals surface area contributed by atoms with E-state index >= 15 is 0 Å². The zero-order valence-corrected chi connectivity index (χ0v) is 14.6. The molecule has 3 rings (SSSR count). The second kappa shape index (κ2) is 8.24. The van der Waals surface area contributed by atoms with Crippen LogP contribution in [0.5, 0.6) is 11.5 Å². The average Bonchev–Trinajstić information content (AvgIpc) is 3.09. The molecule has 24 heavy (non-hydrogen) atoms. The van der Waals surface area contributed by atoms with Crippen LogP contribution in [0.4, 0.5) is 0 Å². The fraction of sp³-hybridized carbons (Fsp3) is 0.611. The molecular formula is C18H28N4O2. The summed E-state index contributed by atoms with van der Waals surface area (Å²) in [4.78, 5) is 6.83. The van der Waals surface area contributed by atoms with Crippen molar-refractivity contribution in [3.05, 3.63) is 24.3 Å². The highest BCUT2D eigenvalue weighted by Crippen LogP contribution is 2.30. The molecule has 0 bridgehead atoms. The first-order valence-corrected chi connectivity index (χ1v) is 8.87. The molecule has 1 fully saturated rings. The number of hydrogen-bond acceptors (Lipinski definition) is 4. The number of rotatable bonds is 5. The van der Waals surface area contributed by atoms with Gasteiger partial charge in [0.25, 0.3) is 0 Å². The first-order chi connectivity index (χ1) is 11.8. The van der Waals surface area contributed by atoms with Gasteiger partial charge >= 0.3 is 0 Å². The van der Waals surface area contributed by atoms with Gasteiger partial charge in [-0.25, -0.2) is 0 Å². The summed E-state index contributed by atoms with van der Waals surface area (Å²) in [6, 6.07) is 8.39. The number of likely N-dealkylation sites (tertiary alicyclic amines) is 1. The van der Waals surface area contributed by atoms with Crippen molar-refractivity contribution in [1.29, 1.82) is 0 Å². The van der Waals surface area contributed by atoms with Crippen LogP contribution < -0.4 is 20.1 Å². The Morgan fingerprint density at radius 3 is 2.83 bits per heavy atom. The fourth-order valence-electron chi connectivity index (χ4n) is 3.35. The lowest BCUT2D eigenvalue weighted by Crippen LogP contribution is -2.48. The third kappa shape index (κ3) is 4.12. The maximum absolute atomic E-state index is 5.96. The Bertz CT molecular complexity index is 564. The van der Waals surface area contributed by atoms with E-state index in [0.717, 1.165) is 30.5 Å². The standard InChI is InChI=1S/C18H28N4O2/c1-3-22-10-6-7-14(22)11-20-18(19-2)21-12-15-13-23-16-8-4-5-9-17(16)24-15/h4-5,8-9,14-15H,3,6-7,10-13H2,1-2H3,(H2,19,20,21). The highest BCUT2D eigenvalue weighted by atomic mass is 16.6. The molecule has 2 aliphatic rings. The van der Waals surface area contributed by atoms with Crippen molar-refractivity contribution < 1.29 is 9.47 Å². The SMILES string of the molecule is CCN1CCCC1CNC(=NC)NCC1COc2ccccc2O1. The number of fused-ring (bicyclic) bond motifs is 1. The number of hydrogen-bond donors (Lipinski definition) is 2. The van der Waals surface area contributed by atoms with E-state index in [0.29, 0.717) is 19.2 Å². The Labute approximate surface area is 144 Å². The second-order valence-corrected chi connectivity index (χ2v) is 6.26. The van der Waals surface area contributed by atoms with Crippen molar-refractivity contribution in [1.82, 2.24) is 15.5 Å². The first kappa shape index (κ1) is 16.9. The number of nitrogens with zero attached hydrogens (tertiary/aromatic N) is 2. The van der Waals surface area contributed by atoms with E-state index in [1.54, 1.807) is 7.05 Å². The van der Waals surface area contributed by atoms with Gasteiger partial charge < -0.3 is 20.1 Å². The molecule has 6 nitrogen and oxygen atoms in total. The summed E-state index contributed by atoms with van der Waals surface area (Å²) in [5, 5.41) is 6.78. The maximum Gasteiger partial charge on any atom is 0.191 e. The van der Waals surface area contributed by atoms with Crippen molar-refractivity contribution in [3.8, 4) is 11.5 Å². The molecule has 1 saturated heterocycles.